The van der Waals surface area contributed by atoms with E-state index in [0.717, 1.165) is 0 Å². The van der Waals surface area contributed by atoms with Crippen LogP contribution >= 0.6 is 12.2 Å². The van der Waals surface area contributed by atoms with Crippen LogP contribution in [0.1, 0.15) is 24.2 Å². The van der Waals surface area contributed by atoms with Crippen LogP contribution in [0.5, 0.6) is 0 Å². The van der Waals surface area contributed by atoms with Crippen LogP contribution in [-0.4, -0.2) is 23.9 Å². The number of nitrogens with one attached hydrogen (secondary N) is 3. The van der Waals surface area contributed by atoms with Gasteiger partial charge in [-0.15, -0.1) is 0 Å². The lowest BCUT2D eigenvalue weighted by Gasteiger charge is -2.19. The Bertz CT molecular complexity index is 488. The summed E-state index contributed by atoms with van der Waals surface area (Å²) in [6.07, 6.45) is 0. The molecule has 1 aromatic rings. The smallest absolute Gasteiger partial charge is 0.237 e. The highest BCUT2D eigenvalue weighted by molar-refractivity contribution is 7.80. The maximum Gasteiger partial charge on any atom is 0.237 e. The molecular formula is C14H19N3O2S. The summed E-state index contributed by atoms with van der Waals surface area (Å²) in [5, 5.41) is 2.65. The van der Waals surface area contributed by atoms with Crippen molar-refractivity contribution in [3.8, 4) is 0 Å². The fourth-order valence-corrected chi connectivity index (χ4v) is 2.04. The van der Waals surface area contributed by atoms with Crippen molar-refractivity contribution in [3.63, 3.8) is 0 Å². The Kier molecular flexibility index (Phi) is 6.27. The van der Waals surface area contributed by atoms with Gasteiger partial charge in [0.25, 0.3) is 0 Å². The summed E-state index contributed by atoms with van der Waals surface area (Å²) in [5.41, 5.74) is 5.72. The number of thiocarbonyl (C=S) groups is 1. The molecule has 1 rings (SSSR count). The molecule has 20 heavy (non-hydrogen) atoms. The van der Waals surface area contributed by atoms with Crippen LogP contribution in [-0.2, 0) is 4.79 Å². The van der Waals surface area contributed by atoms with E-state index in [4.69, 9.17) is 12.2 Å². The molecule has 0 aliphatic carbocycles. The molecule has 0 saturated carbocycles. The number of rotatable bonds is 5. The van der Waals surface area contributed by atoms with Crippen molar-refractivity contribution in [2.45, 2.75) is 13.8 Å². The molecule has 1 aromatic carbocycles. The highest BCUT2D eigenvalue weighted by Crippen LogP contribution is 2.17. The summed E-state index contributed by atoms with van der Waals surface area (Å²) in [7, 11) is 1.63. The Morgan fingerprint density at radius 1 is 1.15 bits per heavy atom. The molecule has 3 N–H and O–H groups in total. The molecule has 1 atom stereocenters. The van der Waals surface area contributed by atoms with Crippen molar-refractivity contribution in [2.75, 3.05) is 7.05 Å². The molecule has 0 aliphatic rings. The second-order valence-corrected chi connectivity index (χ2v) is 5.05. The Morgan fingerprint density at radius 2 is 1.75 bits per heavy atom. The minimum absolute atomic E-state index is 0.125. The quantitative estimate of drug-likeness (QED) is 0.330. The second-order valence-electron chi connectivity index (χ2n) is 4.65. The van der Waals surface area contributed by atoms with Gasteiger partial charge in [-0.3, -0.25) is 15.0 Å². The van der Waals surface area contributed by atoms with Gasteiger partial charge >= 0.3 is 0 Å². The van der Waals surface area contributed by atoms with Gasteiger partial charge in [-0.05, 0) is 18.1 Å². The minimum Gasteiger partial charge on any atom is -0.301 e. The second kappa shape index (κ2) is 7.72. The number of hydrogen-bond donors (Lipinski definition) is 3. The molecule has 0 heterocycles. The maximum atomic E-state index is 12.4. The van der Waals surface area contributed by atoms with Crippen LogP contribution < -0.4 is 16.2 Å². The zero-order chi connectivity index (χ0) is 15.1. The van der Waals surface area contributed by atoms with E-state index in [2.05, 4.69) is 16.2 Å². The Morgan fingerprint density at radius 3 is 2.25 bits per heavy atom. The summed E-state index contributed by atoms with van der Waals surface area (Å²) in [5.74, 6) is -1.50. The Hall–Kier alpha value is -1.79. The van der Waals surface area contributed by atoms with Gasteiger partial charge in [0, 0.05) is 12.6 Å². The molecule has 0 aromatic heterocycles. The minimum atomic E-state index is -0.769. The maximum absolute atomic E-state index is 12.4. The molecule has 1 amide bonds. The van der Waals surface area contributed by atoms with Gasteiger partial charge in [0.05, 0.1) is 0 Å². The topological polar surface area (TPSA) is 70.2 Å². The lowest BCUT2D eigenvalue weighted by molar-refractivity contribution is -0.123. The van der Waals surface area contributed by atoms with Crippen LogP contribution in [0.3, 0.4) is 0 Å². The van der Waals surface area contributed by atoms with Crippen LogP contribution in [0, 0.1) is 11.8 Å². The van der Waals surface area contributed by atoms with Crippen molar-refractivity contribution < 1.29 is 9.59 Å². The number of Topliss-reactive ketones (excluding diaryl/α,β-unsaturated/α-hetero) is 1. The van der Waals surface area contributed by atoms with E-state index >= 15 is 0 Å². The van der Waals surface area contributed by atoms with Gasteiger partial charge < -0.3 is 5.32 Å². The predicted molar refractivity (Wildman–Crippen MR) is 82.0 cm³/mol. The average Bonchev–Trinajstić information content (AvgIpc) is 2.39. The van der Waals surface area contributed by atoms with E-state index in [9.17, 15) is 9.59 Å². The van der Waals surface area contributed by atoms with Crippen molar-refractivity contribution in [2.24, 2.45) is 11.8 Å². The summed E-state index contributed by atoms with van der Waals surface area (Å²) < 4.78 is 0. The van der Waals surface area contributed by atoms with E-state index in [1.54, 1.807) is 31.3 Å². The monoisotopic (exact) mass is 293 g/mol. The number of hydrogen-bond acceptors (Lipinski definition) is 4. The number of benzene rings is 1. The van der Waals surface area contributed by atoms with Crippen molar-refractivity contribution in [3.05, 3.63) is 35.9 Å². The molecule has 0 aliphatic heterocycles. The first kappa shape index (κ1) is 16.3. The predicted octanol–water partition coefficient (Wildman–Crippen LogP) is 1.27. The number of amides is 1. The highest BCUT2D eigenvalue weighted by atomic mass is 32.1. The fraction of sp³-hybridized carbons (Fsp3) is 0.357. The van der Waals surface area contributed by atoms with Gasteiger partial charge in [0.15, 0.2) is 10.9 Å². The van der Waals surface area contributed by atoms with Crippen LogP contribution in [0.2, 0.25) is 0 Å². The van der Waals surface area contributed by atoms with E-state index in [-0.39, 0.29) is 16.8 Å². The molecule has 0 radical (unpaired) electrons. The van der Waals surface area contributed by atoms with Gasteiger partial charge in [0.2, 0.25) is 5.91 Å². The van der Waals surface area contributed by atoms with Crippen LogP contribution in [0.25, 0.3) is 0 Å². The first-order chi connectivity index (χ1) is 9.47. The normalized spacial score (nSPS) is 11.8. The lowest BCUT2D eigenvalue weighted by Crippen LogP contribution is -2.48. The Labute approximate surface area is 124 Å². The molecule has 0 bridgehead atoms. The van der Waals surface area contributed by atoms with Gasteiger partial charge in [-0.25, -0.2) is 5.43 Å². The molecule has 108 valence electrons. The third kappa shape index (κ3) is 4.40. The number of carbonyl (C=O) groups excluding carboxylic acids is 2. The van der Waals surface area contributed by atoms with Crippen LogP contribution in [0.15, 0.2) is 30.3 Å². The summed E-state index contributed by atoms with van der Waals surface area (Å²) >= 11 is 4.92. The zero-order valence-electron chi connectivity index (χ0n) is 11.8. The van der Waals surface area contributed by atoms with Gasteiger partial charge in [-0.1, -0.05) is 44.2 Å². The standard InChI is InChI=1S/C14H19N3O2S/c1-9(2)11(13(19)16-14(20)17-15-3)12(18)10-7-5-4-6-8-10/h4-9,11,15H,1-3H3,(H2,16,17,19,20). The van der Waals surface area contributed by atoms with E-state index in [1.807, 2.05) is 19.9 Å². The Balaban J connectivity index is 2.86. The van der Waals surface area contributed by atoms with Gasteiger partial charge in [-0.2, -0.15) is 0 Å². The largest absolute Gasteiger partial charge is 0.301 e. The molecule has 0 spiro atoms. The van der Waals surface area contributed by atoms with E-state index in [0.29, 0.717) is 5.56 Å². The summed E-state index contributed by atoms with van der Waals surface area (Å²) in [6, 6.07) is 8.78. The zero-order valence-corrected chi connectivity index (χ0v) is 12.6. The molecule has 1 unspecified atom stereocenters. The third-order valence-corrected chi connectivity index (χ3v) is 2.97. The third-order valence-electron chi connectivity index (χ3n) is 2.77. The first-order valence-electron chi connectivity index (χ1n) is 6.34. The number of hydrazine groups is 1. The SMILES string of the molecule is CNNC(=S)NC(=O)C(C(=O)c1ccccc1)C(C)C. The lowest BCUT2D eigenvalue weighted by atomic mass is 9.87. The van der Waals surface area contributed by atoms with Crippen molar-refractivity contribution in [1.82, 2.24) is 16.2 Å². The first-order valence-corrected chi connectivity index (χ1v) is 6.75. The van der Waals surface area contributed by atoms with Gasteiger partial charge in [0.1, 0.15) is 5.92 Å². The van der Waals surface area contributed by atoms with E-state index < -0.39 is 11.8 Å². The molecule has 6 heteroatoms. The summed E-state index contributed by atoms with van der Waals surface area (Å²) in [6.45, 7) is 3.67. The molecule has 5 nitrogen and oxygen atoms in total. The highest BCUT2D eigenvalue weighted by Gasteiger charge is 2.30. The van der Waals surface area contributed by atoms with Crippen molar-refractivity contribution in [1.29, 1.82) is 0 Å². The fourth-order valence-electron chi connectivity index (χ4n) is 1.84. The molecule has 0 saturated heterocycles. The molecule has 0 fully saturated rings. The van der Waals surface area contributed by atoms with E-state index in [1.165, 1.54) is 0 Å². The number of ketones is 1. The van der Waals surface area contributed by atoms with Crippen molar-refractivity contribution >= 4 is 29.0 Å². The number of carbonyl (C=O) groups is 2. The molecular weight excluding hydrogens is 274 g/mol. The summed E-state index contributed by atoms with van der Waals surface area (Å²) in [4.78, 5) is 24.6. The van der Waals surface area contributed by atoms with Crippen LogP contribution in [0.4, 0.5) is 0 Å². The average molecular weight is 293 g/mol.